The fourth-order valence-corrected chi connectivity index (χ4v) is 30.1. The molecule has 0 saturated carbocycles. The molecule has 0 aromatic heterocycles. The second kappa shape index (κ2) is 14.4. The van der Waals surface area contributed by atoms with Crippen molar-refractivity contribution in [2.24, 2.45) is 0 Å². The third kappa shape index (κ3) is 9.49. The van der Waals surface area contributed by atoms with Crippen molar-refractivity contribution in [1.82, 2.24) is 0 Å². The van der Waals surface area contributed by atoms with Gasteiger partial charge in [0.25, 0.3) is 0 Å². The Morgan fingerprint density at radius 1 is 0.739 bits per heavy atom. The SMILES string of the molecule is CCC[CH2][Sn]([CH2]CCC)([CH2]CCC)[S]CC[Si](OC)(OC)OC. The van der Waals surface area contributed by atoms with Gasteiger partial charge in [-0.25, -0.2) is 0 Å². The first kappa shape index (κ1) is 24.2. The Kier molecular flexibility index (Phi) is 15.2. The molecule has 140 valence electrons. The first-order chi connectivity index (χ1) is 11.1. The van der Waals surface area contributed by atoms with E-state index in [0.717, 1.165) is 11.8 Å². The molecule has 0 atom stereocenters. The zero-order chi connectivity index (χ0) is 17.6. The Labute approximate surface area is 153 Å². The van der Waals surface area contributed by atoms with Crippen LogP contribution in [0.4, 0.5) is 0 Å². The number of unbranched alkanes of at least 4 members (excludes halogenated alkanes) is 3. The second-order valence-corrected chi connectivity index (χ2v) is 29.5. The van der Waals surface area contributed by atoms with Crippen molar-refractivity contribution in [1.29, 1.82) is 0 Å². The van der Waals surface area contributed by atoms with Crippen LogP contribution in [-0.2, 0) is 13.3 Å². The van der Waals surface area contributed by atoms with Crippen LogP contribution in [0, 0.1) is 0 Å². The van der Waals surface area contributed by atoms with E-state index in [1.54, 1.807) is 34.6 Å². The van der Waals surface area contributed by atoms with Crippen LogP contribution in [0.5, 0.6) is 0 Å². The summed E-state index contributed by atoms with van der Waals surface area (Å²) in [5.74, 6) is 1.16. The summed E-state index contributed by atoms with van der Waals surface area (Å²) in [6, 6.07) is 0.949. The number of hydrogen-bond acceptors (Lipinski definition) is 4. The molecule has 0 fully saturated rings. The van der Waals surface area contributed by atoms with Gasteiger partial charge in [-0.1, -0.05) is 0 Å². The summed E-state index contributed by atoms with van der Waals surface area (Å²) in [6.07, 6.45) is 8.30. The normalized spacial score (nSPS) is 12.8. The summed E-state index contributed by atoms with van der Waals surface area (Å²) in [5.41, 5.74) is 0. The molecule has 6 heteroatoms. The van der Waals surface area contributed by atoms with Gasteiger partial charge < -0.3 is 0 Å². The summed E-state index contributed by atoms with van der Waals surface area (Å²) in [7, 11) is 5.15. The number of hydrogen-bond donors (Lipinski definition) is 0. The van der Waals surface area contributed by atoms with E-state index >= 15 is 0 Å². The van der Waals surface area contributed by atoms with Crippen molar-refractivity contribution < 1.29 is 13.3 Å². The predicted octanol–water partition coefficient (Wildman–Crippen LogP) is 5.94. The fraction of sp³-hybridized carbons (Fsp3) is 1.00. The molecule has 0 aliphatic carbocycles. The molecule has 0 heterocycles. The predicted molar refractivity (Wildman–Crippen MR) is 109 cm³/mol. The van der Waals surface area contributed by atoms with Crippen LogP contribution in [0.1, 0.15) is 59.3 Å². The quantitative estimate of drug-likeness (QED) is 0.260. The van der Waals surface area contributed by atoms with Crippen molar-refractivity contribution in [3.8, 4) is 0 Å². The van der Waals surface area contributed by atoms with Gasteiger partial charge in [0, 0.05) is 0 Å². The molecule has 0 saturated heterocycles. The molecule has 0 aliphatic heterocycles. The minimum absolute atomic E-state index is 0.949. The van der Waals surface area contributed by atoms with E-state index in [1.807, 2.05) is 0 Å². The zero-order valence-corrected chi connectivity index (χ0v) is 21.1. The molecular formula is C17H40O3SSiSn. The van der Waals surface area contributed by atoms with Crippen molar-refractivity contribution in [3.05, 3.63) is 0 Å². The Morgan fingerprint density at radius 3 is 1.43 bits per heavy atom. The maximum absolute atomic E-state index is 5.60. The van der Waals surface area contributed by atoms with Crippen LogP contribution in [0.15, 0.2) is 0 Å². The van der Waals surface area contributed by atoms with Crippen molar-refractivity contribution >= 4 is 34.7 Å². The molecule has 0 rings (SSSR count). The Morgan fingerprint density at radius 2 is 1.13 bits per heavy atom. The van der Waals surface area contributed by atoms with Crippen LogP contribution in [0.2, 0.25) is 19.4 Å². The number of rotatable bonds is 16. The van der Waals surface area contributed by atoms with Crippen LogP contribution in [0.3, 0.4) is 0 Å². The topological polar surface area (TPSA) is 27.7 Å². The van der Waals surface area contributed by atoms with Gasteiger partial charge in [-0.2, -0.15) is 0 Å². The van der Waals surface area contributed by atoms with E-state index in [2.05, 4.69) is 29.7 Å². The van der Waals surface area contributed by atoms with Gasteiger partial charge in [-0.3, -0.25) is 0 Å². The summed E-state index contributed by atoms with van der Waals surface area (Å²) in [4.78, 5) is 0. The Bertz CT molecular complexity index is 249. The zero-order valence-electron chi connectivity index (χ0n) is 16.4. The molecular weight excluding hydrogens is 431 g/mol. The van der Waals surface area contributed by atoms with Gasteiger partial charge in [-0.05, 0) is 0 Å². The van der Waals surface area contributed by atoms with Gasteiger partial charge in [0.1, 0.15) is 0 Å². The third-order valence-corrected chi connectivity index (χ3v) is 30.7. The molecule has 0 bridgehead atoms. The summed E-state index contributed by atoms with van der Waals surface area (Å²) in [5, 5.41) is 0. The first-order valence-electron chi connectivity index (χ1n) is 9.37. The summed E-state index contributed by atoms with van der Waals surface area (Å²) in [6.45, 7) is 7.00. The molecule has 0 aromatic carbocycles. The van der Waals surface area contributed by atoms with E-state index in [1.165, 1.54) is 38.5 Å². The molecule has 0 amide bonds. The van der Waals surface area contributed by atoms with E-state index < -0.39 is 25.8 Å². The standard InChI is InChI=1S/C5H14O3SSi.3C4H9.Sn/c1-6-10(7-2,8-3)5-4-9;3*1-3-4-2;/h9H,4-5H2,1-3H3;3*1,3-4H2,2H3;/q;;;;+1/p-1. The second-order valence-electron chi connectivity index (χ2n) is 6.39. The molecule has 23 heavy (non-hydrogen) atoms. The van der Waals surface area contributed by atoms with Crippen molar-refractivity contribution in [2.45, 2.75) is 78.7 Å². The third-order valence-electron chi connectivity index (χ3n) is 4.71. The van der Waals surface area contributed by atoms with E-state index in [4.69, 9.17) is 13.3 Å². The maximum atomic E-state index is 5.60. The van der Waals surface area contributed by atoms with Gasteiger partial charge in [-0.15, -0.1) is 0 Å². The van der Waals surface area contributed by atoms with E-state index in [9.17, 15) is 0 Å². The molecule has 0 spiro atoms. The Hall–Kier alpha value is 1.25. The fourth-order valence-electron chi connectivity index (χ4n) is 3.04. The summed E-state index contributed by atoms with van der Waals surface area (Å²) < 4.78 is 21.5. The minimum atomic E-state index is -2.40. The average molecular weight is 471 g/mol. The first-order valence-corrected chi connectivity index (χ1v) is 21.8. The van der Waals surface area contributed by atoms with Crippen LogP contribution in [-0.4, -0.2) is 52.9 Å². The monoisotopic (exact) mass is 472 g/mol. The van der Waals surface area contributed by atoms with Gasteiger partial charge in [0.2, 0.25) is 0 Å². The van der Waals surface area contributed by atoms with Gasteiger partial charge in [0.05, 0.1) is 0 Å². The molecule has 0 N–H and O–H groups in total. The summed E-state index contributed by atoms with van der Waals surface area (Å²) >= 11 is -2.08. The van der Waals surface area contributed by atoms with Crippen LogP contribution >= 0.6 is 8.95 Å². The molecule has 0 aliphatic rings. The molecule has 0 unspecified atom stereocenters. The molecule has 0 radical (unpaired) electrons. The van der Waals surface area contributed by atoms with Crippen LogP contribution in [0.25, 0.3) is 0 Å². The van der Waals surface area contributed by atoms with Gasteiger partial charge >= 0.3 is 154 Å². The van der Waals surface area contributed by atoms with E-state index in [-0.39, 0.29) is 0 Å². The van der Waals surface area contributed by atoms with Crippen molar-refractivity contribution in [3.63, 3.8) is 0 Å². The van der Waals surface area contributed by atoms with Crippen molar-refractivity contribution in [2.75, 3.05) is 27.1 Å². The van der Waals surface area contributed by atoms with E-state index in [0.29, 0.717) is 0 Å². The molecule has 3 nitrogen and oxygen atoms in total. The van der Waals surface area contributed by atoms with Gasteiger partial charge in [0.15, 0.2) is 0 Å². The average Bonchev–Trinajstić information content (AvgIpc) is 2.60. The Balaban J connectivity index is 4.80. The molecule has 0 aromatic rings. The van der Waals surface area contributed by atoms with Crippen LogP contribution < -0.4 is 0 Å².